The third-order valence-electron chi connectivity index (χ3n) is 3.50. The summed E-state index contributed by atoms with van der Waals surface area (Å²) in [5.41, 5.74) is 13.0. The molecule has 2 aromatic carbocycles. The van der Waals surface area contributed by atoms with E-state index < -0.39 is 20.0 Å². The van der Waals surface area contributed by atoms with Crippen LogP contribution < -0.4 is 25.8 Å². The van der Waals surface area contributed by atoms with Gasteiger partial charge in [-0.15, -0.1) is 5.10 Å². The van der Waals surface area contributed by atoms with E-state index in [2.05, 4.69) is 10.5 Å². The highest BCUT2D eigenvalue weighted by atomic mass is 35.5. The van der Waals surface area contributed by atoms with Gasteiger partial charge in [-0.1, -0.05) is 23.7 Å². The predicted molar refractivity (Wildman–Crippen MR) is 113 cm³/mol. The fraction of sp³-hybridized carbons (Fsp3) is 0.235. The summed E-state index contributed by atoms with van der Waals surface area (Å²) in [5.74, 6) is -0.228. The Labute approximate surface area is 179 Å². The van der Waals surface area contributed by atoms with Crippen LogP contribution in [0.2, 0.25) is 5.02 Å². The monoisotopic (exact) mass is 476 g/mol. The maximum absolute atomic E-state index is 12.5. The van der Waals surface area contributed by atoms with Crippen LogP contribution >= 0.6 is 11.6 Å². The maximum Gasteiger partial charge on any atom is 0.340 e. The molecular formula is C17H21ClN4O6S2. The number of guanidine groups is 1. The van der Waals surface area contributed by atoms with Crippen molar-refractivity contribution in [3.8, 4) is 11.5 Å². The second-order valence-corrected chi connectivity index (χ2v) is 9.96. The normalized spacial score (nSPS) is 11.5. The number of sulfone groups is 1. The zero-order valence-electron chi connectivity index (χ0n) is 15.9. The third kappa shape index (κ3) is 6.97. The van der Waals surface area contributed by atoms with Crippen LogP contribution in [-0.4, -0.2) is 42.2 Å². The van der Waals surface area contributed by atoms with Crippen molar-refractivity contribution in [2.75, 3.05) is 19.4 Å². The van der Waals surface area contributed by atoms with Crippen molar-refractivity contribution in [1.29, 1.82) is 0 Å². The van der Waals surface area contributed by atoms with Gasteiger partial charge in [-0.3, -0.25) is 0 Å². The molecule has 2 rings (SSSR count). The lowest BCUT2D eigenvalue weighted by molar-refractivity contribution is 0.307. The Morgan fingerprint density at radius 3 is 2.40 bits per heavy atom. The molecule has 2 aromatic rings. The molecule has 0 radical (unpaired) electrons. The maximum atomic E-state index is 12.5. The van der Waals surface area contributed by atoms with E-state index in [9.17, 15) is 16.8 Å². The molecule has 0 bridgehead atoms. The van der Waals surface area contributed by atoms with E-state index in [1.54, 1.807) is 6.07 Å². The fourth-order valence-corrected chi connectivity index (χ4v) is 4.27. The molecular weight excluding hydrogens is 456 g/mol. The van der Waals surface area contributed by atoms with Gasteiger partial charge in [0.2, 0.25) is 5.96 Å². The number of ether oxygens (including phenoxy) is 1. The molecule has 0 heterocycles. The Bertz CT molecular complexity index is 1130. The van der Waals surface area contributed by atoms with Crippen LogP contribution in [0.1, 0.15) is 6.42 Å². The minimum Gasteiger partial charge on any atom is -0.493 e. The number of hydrazone groups is 1. The average Bonchev–Trinajstić information content (AvgIpc) is 2.63. The van der Waals surface area contributed by atoms with Gasteiger partial charge in [0.25, 0.3) is 0 Å². The van der Waals surface area contributed by atoms with E-state index >= 15 is 0 Å². The van der Waals surface area contributed by atoms with Crippen LogP contribution in [0.4, 0.5) is 0 Å². The lowest BCUT2D eigenvalue weighted by Crippen LogP contribution is -2.27. The van der Waals surface area contributed by atoms with Crippen molar-refractivity contribution >= 4 is 37.5 Å². The van der Waals surface area contributed by atoms with E-state index in [0.29, 0.717) is 13.0 Å². The highest BCUT2D eigenvalue weighted by molar-refractivity contribution is 7.90. The number of halogens is 1. The minimum absolute atomic E-state index is 0.0264. The van der Waals surface area contributed by atoms with E-state index in [4.69, 9.17) is 32.0 Å². The van der Waals surface area contributed by atoms with Gasteiger partial charge in [-0.05, 0) is 18.2 Å². The van der Waals surface area contributed by atoms with Gasteiger partial charge in [0.15, 0.2) is 9.84 Å². The summed E-state index contributed by atoms with van der Waals surface area (Å²) in [6.45, 7) is 0.574. The van der Waals surface area contributed by atoms with E-state index in [-0.39, 0.29) is 38.9 Å². The van der Waals surface area contributed by atoms with Crippen molar-refractivity contribution in [1.82, 2.24) is 5.43 Å². The Morgan fingerprint density at radius 1 is 1.10 bits per heavy atom. The molecule has 30 heavy (non-hydrogen) atoms. The van der Waals surface area contributed by atoms with Gasteiger partial charge in [-0.25, -0.2) is 8.42 Å². The van der Waals surface area contributed by atoms with Crippen LogP contribution in [0, 0.1) is 0 Å². The molecule has 10 nitrogen and oxygen atoms in total. The Morgan fingerprint density at radius 2 is 1.77 bits per heavy atom. The molecule has 0 aliphatic rings. The summed E-state index contributed by atoms with van der Waals surface area (Å²) in [5, 5.41) is 3.57. The highest BCUT2D eigenvalue weighted by Crippen LogP contribution is 2.30. The molecule has 0 unspecified atom stereocenters. The molecule has 0 aromatic heterocycles. The number of nitrogens with one attached hydrogen (secondary N) is 1. The molecule has 0 spiro atoms. The molecule has 0 amide bonds. The van der Waals surface area contributed by atoms with Crippen molar-refractivity contribution in [3.05, 3.63) is 47.5 Å². The first-order valence-electron chi connectivity index (χ1n) is 8.47. The van der Waals surface area contributed by atoms with E-state index in [1.807, 2.05) is 0 Å². The zero-order valence-corrected chi connectivity index (χ0v) is 18.3. The molecule has 0 fully saturated rings. The second kappa shape index (κ2) is 9.87. The first kappa shape index (κ1) is 23.6. The highest BCUT2D eigenvalue weighted by Gasteiger charge is 2.22. The largest absolute Gasteiger partial charge is 0.493 e. The summed E-state index contributed by atoms with van der Waals surface area (Å²) < 4.78 is 59.7. The topological polar surface area (TPSA) is 163 Å². The second-order valence-electron chi connectivity index (χ2n) is 6.03. The van der Waals surface area contributed by atoms with Crippen LogP contribution in [-0.2, 0) is 20.0 Å². The number of nitrogens with two attached hydrogens (primary N) is 2. The first-order valence-corrected chi connectivity index (χ1v) is 12.2. The number of nitrogens with zero attached hydrogens (tertiary/aromatic N) is 1. The van der Waals surface area contributed by atoms with Gasteiger partial charge in [0.05, 0.1) is 16.5 Å². The van der Waals surface area contributed by atoms with Gasteiger partial charge in [0, 0.05) is 31.4 Å². The van der Waals surface area contributed by atoms with Crippen LogP contribution in [0.15, 0.2) is 57.4 Å². The van der Waals surface area contributed by atoms with E-state index in [0.717, 1.165) is 12.3 Å². The number of hydrogen-bond donors (Lipinski definition) is 3. The number of hydrogen-bond acceptors (Lipinski definition) is 8. The quantitative estimate of drug-likeness (QED) is 0.149. The third-order valence-corrected chi connectivity index (χ3v) is 6.34. The summed E-state index contributed by atoms with van der Waals surface area (Å²) in [6, 6.07) is 9.37. The van der Waals surface area contributed by atoms with Gasteiger partial charge >= 0.3 is 10.1 Å². The molecule has 164 valence electrons. The molecule has 13 heteroatoms. The van der Waals surface area contributed by atoms with Crippen LogP contribution in [0.5, 0.6) is 11.5 Å². The predicted octanol–water partition coefficient (Wildman–Crippen LogP) is 1.06. The van der Waals surface area contributed by atoms with Crippen LogP contribution in [0.25, 0.3) is 0 Å². The fourth-order valence-electron chi connectivity index (χ4n) is 2.20. The molecule has 0 atom stereocenters. The van der Waals surface area contributed by atoms with Gasteiger partial charge in [-0.2, -0.15) is 8.42 Å². The Kier molecular flexibility index (Phi) is 7.76. The van der Waals surface area contributed by atoms with E-state index in [1.165, 1.54) is 30.3 Å². The molecule has 0 aliphatic carbocycles. The van der Waals surface area contributed by atoms with Gasteiger partial charge < -0.3 is 25.8 Å². The standard InChI is InChI=1S/C17H21ClN4O6S2/c1-29(23,24)14-10-12(27-8-4-7-21-22-17(19)20)9-13(11-14)28-30(25,26)16-6-3-2-5-15(16)18/h2-3,5-6,9-11,21H,4,7-8H2,1H3,(H4,19,20,22). The summed E-state index contributed by atoms with van der Waals surface area (Å²) in [4.78, 5) is -0.410. The molecule has 0 saturated heterocycles. The summed E-state index contributed by atoms with van der Waals surface area (Å²) in [7, 11) is -7.96. The molecule has 0 aliphatic heterocycles. The van der Waals surface area contributed by atoms with Crippen molar-refractivity contribution < 1.29 is 25.8 Å². The summed E-state index contributed by atoms with van der Waals surface area (Å²) >= 11 is 5.93. The Hall–Kier alpha value is -2.70. The van der Waals surface area contributed by atoms with Crippen molar-refractivity contribution in [2.24, 2.45) is 16.6 Å². The molecule has 5 N–H and O–H groups in total. The zero-order chi connectivity index (χ0) is 22.4. The van der Waals surface area contributed by atoms with Crippen LogP contribution in [0.3, 0.4) is 0 Å². The average molecular weight is 477 g/mol. The SMILES string of the molecule is CS(=O)(=O)c1cc(OCCCNN=C(N)N)cc(OS(=O)(=O)c2ccccc2Cl)c1. The van der Waals surface area contributed by atoms with Crippen molar-refractivity contribution in [2.45, 2.75) is 16.2 Å². The van der Waals surface area contributed by atoms with Crippen molar-refractivity contribution in [3.63, 3.8) is 0 Å². The Balaban J connectivity index is 2.22. The lowest BCUT2D eigenvalue weighted by atomic mass is 10.3. The lowest BCUT2D eigenvalue weighted by Gasteiger charge is -2.12. The first-order chi connectivity index (χ1) is 14.0. The van der Waals surface area contributed by atoms with Gasteiger partial charge in [0.1, 0.15) is 16.4 Å². The smallest absolute Gasteiger partial charge is 0.340 e. The minimum atomic E-state index is -4.29. The summed E-state index contributed by atoms with van der Waals surface area (Å²) in [6.07, 6.45) is 1.46. The molecule has 0 saturated carbocycles. The number of rotatable bonds is 10. The number of benzene rings is 2.